The second-order valence-corrected chi connectivity index (χ2v) is 6.52. The van der Waals surface area contributed by atoms with E-state index in [4.69, 9.17) is 21.2 Å². The van der Waals surface area contributed by atoms with Crippen LogP contribution >= 0.6 is 11.6 Å². The molecule has 140 valence electrons. The number of carbonyl (C=O) groups excluding carboxylic acids is 1. The van der Waals surface area contributed by atoms with E-state index in [-0.39, 0.29) is 12.3 Å². The number of carboxylic acids is 1. The van der Waals surface area contributed by atoms with Crippen LogP contribution in [0.25, 0.3) is 11.3 Å². The van der Waals surface area contributed by atoms with Crippen LogP contribution in [0.15, 0.2) is 28.8 Å². The fraction of sp³-hybridized carbons (Fsp3) is 0.421. The summed E-state index contributed by atoms with van der Waals surface area (Å²) in [4.78, 5) is 23.0. The monoisotopic (exact) mass is 378 g/mol. The summed E-state index contributed by atoms with van der Waals surface area (Å²) < 4.78 is 5.20. The number of carbonyl (C=O) groups is 2. The first kappa shape index (κ1) is 20.0. The van der Waals surface area contributed by atoms with E-state index >= 15 is 0 Å². The molecule has 0 bridgehead atoms. The first-order valence-corrected chi connectivity index (χ1v) is 9.09. The summed E-state index contributed by atoms with van der Waals surface area (Å²) in [5.74, 6) is -0.536. The van der Waals surface area contributed by atoms with Gasteiger partial charge in [-0.1, -0.05) is 54.2 Å². The third-order valence-electron chi connectivity index (χ3n) is 4.07. The molecule has 6 nitrogen and oxygen atoms in total. The summed E-state index contributed by atoms with van der Waals surface area (Å²) in [6, 6.07) is 7.19. The molecule has 2 rings (SSSR count). The Labute approximate surface area is 157 Å². The van der Waals surface area contributed by atoms with Crippen LogP contribution in [-0.4, -0.2) is 28.7 Å². The molecule has 26 heavy (non-hydrogen) atoms. The van der Waals surface area contributed by atoms with Crippen LogP contribution in [0.3, 0.4) is 0 Å². The van der Waals surface area contributed by atoms with E-state index in [0.29, 0.717) is 40.6 Å². The summed E-state index contributed by atoms with van der Waals surface area (Å²) in [7, 11) is 0. The predicted molar refractivity (Wildman–Crippen MR) is 99.4 cm³/mol. The number of amides is 1. The summed E-state index contributed by atoms with van der Waals surface area (Å²) >= 11 is 6.20. The van der Waals surface area contributed by atoms with Crippen molar-refractivity contribution >= 4 is 23.5 Å². The molecule has 7 heteroatoms. The lowest BCUT2D eigenvalue weighted by Crippen LogP contribution is -2.25. The van der Waals surface area contributed by atoms with Gasteiger partial charge in [0, 0.05) is 18.5 Å². The molecular weight excluding hydrogens is 356 g/mol. The first-order valence-electron chi connectivity index (χ1n) is 8.72. The molecule has 0 radical (unpaired) electrons. The topological polar surface area (TPSA) is 92.4 Å². The highest BCUT2D eigenvalue weighted by Crippen LogP contribution is 2.30. The van der Waals surface area contributed by atoms with Crippen molar-refractivity contribution in [1.82, 2.24) is 10.5 Å². The smallest absolute Gasteiger partial charge is 0.303 e. The van der Waals surface area contributed by atoms with Crippen LogP contribution in [0, 0.1) is 6.92 Å². The normalized spacial score (nSPS) is 10.7. The summed E-state index contributed by atoms with van der Waals surface area (Å²) in [6.45, 7) is 2.25. The van der Waals surface area contributed by atoms with Crippen molar-refractivity contribution in [3.8, 4) is 11.3 Å². The minimum absolute atomic E-state index is 0.217. The molecule has 1 amide bonds. The predicted octanol–water partition coefficient (Wildman–Crippen LogP) is 4.46. The molecular formula is C19H23ClN2O4. The minimum atomic E-state index is -0.754. The SMILES string of the molecule is Cc1onc(-c2ccccc2Cl)c1C(=O)NCCCCCCCC(=O)O. The molecule has 0 aliphatic rings. The van der Waals surface area contributed by atoms with Crippen LogP contribution in [0.2, 0.25) is 5.02 Å². The van der Waals surface area contributed by atoms with Gasteiger partial charge in [-0.3, -0.25) is 9.59 Å². The standard InChI is InChI=1S/C19H23ClN2O4/c1-13-17(18(22-26-13)14-9-6-7-10-15(14)20)19(25)21-12-8-4-2-3-5-11-16(23)24/h6-7,9-10H,2-5,8,11-12H2,1H3,(H,21,25)(H,23,24). The van der Waals surface area contributed by atoms with E-state index in [0.717, 1.165) is 25.7 Å². The van der Waals surface area contributed by atoms with Crippen LogP contribution in [0.4, 0.5) is 0 Å². The van der Waals surface area contributed by atoms with Crippen LogP contribution in [-0.2, 0) is 4.79 Å². The number of aromatic nitrogens is 1. The molecule has 1 heterocycles. The van der Waals surface area contributed by atoms with Gasteiger partial charge in [0.25, 0.3) is 5.91 Å². The van der Waals surface area contributed by atoms with Crippen molar-refractivity contribution < 1.29 is 19.2 Å². The Morgan fingerprint density at radius 1 is 1.15 bits per heavy atom. The number of aliphatic carboxylic acids is 1. The van der Waals surface area contributed by atoms with Crippen molar-refractivity contribution in [2.75, 3.05) is 6.54 Å². The van der Waals surface area contributed by atoms with Gasteiger partial charge in [-0.05, 0) is 25.8 Å². The lowest BCUT2D eigenvalue weighted by Gasteiger charge is -2.07. The van der Waals surface area contributed by atoms with E-state index in [9.17, 15) is 9.59 Å². The highest BCUT2D eigenvalue weighted by molar-refractivity contribution is 6.33. The van der Waals surface area contributed by atoms with Crippen molar-refractivity contribution in [1.29, 1.82) is 0 Å². The molecule has 0 spiro atoms. The van der Waals surface area contributed by atoms with Gasteiger partial charge >= 0.3 is 5.97 Å². The third kappa shape index (κ3) is 5.59. The number of nitrogens with one attached hydrogen (secondary N) is 1. The summed E-state index contributed by atoms with van der Waals surface area (Å²) in [6.07, 6.45) is 4.55. The average molecular weight is 379 g/mol. The van der Waals surface area contributed by atoms with Crippen molar-refractivity contribution in [2.24, 2.45) is 0 Å². The molecule has 0 saturated carbocycles. The molecule has 2 aromatic rings. The van der Waals surface area contributed by atoms with Gasteiger partial charge in [-0.2, -0.15) is 0 Å². The van der Waals surface area contributed by atoms with Crippen LogP contribution < -0.4 is 5.32 Å². The Morgan fingerprint density at radius 3 is 2.58 bits per heavy atom. The van der Waals surface area contributed by atoms with Crippen LogP contribution in [0.1, 0.15) is 54.6 Å². The Bertz CT molecular complexity index is 758. The number of hydrogen-bond donors (Lipinski definition) is 2. The Balaban J connectivity index is 1.84. The van der Waals surface area contributed by atoms with Gasteiger partial charge in [-0.15, -0.1) is 0 Å². The third-order valence-corrected chi connectivity index (χ3v) is 4.40. The van der Waals surface area contributed by atoms with Gasteiger partial charge in [-0.25, -0.2) is 0 Å². The van der Waals surface area contributed by atoms with Gasteiger partial charge < -0.3 is 14.9 Å². The van der Waals surface area contributed by atoms with Gasteiger partial charge in [0.15, 0.2) is 0 Å². The van der Waals surface area contributed by atoms with E-state index in [1.54, 1.807) is 19.1 Å². The number of unbranched alkanes of at least 4 members (excludes halogenated alkanes) is 4. The molecule has 0 saturated heterocycles. The van der Waals surface area contributed by atoms with E-state index in [1.165, 1.54) is 0 Å². The Morgan fingerprint density at radius 2 is 1.85 bits per heavy atom. The van der Waals surface area contributed by atoms with Gasteiger partial charge in [0.1, 0.15) is 17.0 Å². The lowest BCUT2D eigenvalue weighted by atomic mass is 10.1. The number of aryl methyl sites for hydroxylation is 1. The lowest BCUT2D eigenvalue weighted by molar-refractivity contribution is -0.137. The van der Waals surface area contributed by atoms with Crippen molar-refractivity contribution in [2.45, 2.75) is 45.4 Å². The number of nitrogens with zero attached hydrogens (tertiary/aromatic N) is 1. The fourth-order valence-electron chi connectivity index (χ4n) is 2.70. The maximum absolute atomic E-state index is 12.5. The van der Waals surface area contributed by atoms with Gasteiger partial charge in [0.05, 0.1) is 5.02 Å². The van der Waals surface area contributed by atoms with E-state index < -0.39 is 5.97 Å². The molecule has 1 aromatic carbocycles. The van der Waals surface area contributed by atoms with E-state index in [2.05, 4.69) is 10.5 Å². The number of hydrogen-bond acceptors (Lipinski definition) is 4. The van der Waals surface area contributed by atoms with Crippen molar-refractivity contribution in [3.05, 3.63) is 40.6 Å². The number of halogens is 1. The molecule has 0 atom stereocenters. The Kier molecular flexibility index (Phi) is 7.66. The molecule has 0 unspecified atom stereocenters. The second-order valence-electron chi connectivity index (χ2n) is 6.11. The maximum atomic E-state index is 12.5. The zero-order valence-electron chi connectivity index (χ0n) is 14.8. The number of rotatable bonds is 10. The summed E-state index contributed by atoms with van der Waals surface area (Å²) in [5.41, 5.74) is 1.51. The molecule has 1 aromatic heterocycles. The molecule has 0 aliphatic heterocycles. The van der Waals surface area contributed by atoms with Crippen LogP contribution in [0.5, 0.6) is 0 Å². The molecule has 2 N–H and O–H groups in total. The van der Waals surface area contributed by atoms with Gasteiger partial charge in [0.2, 0.25) is 0 Å². The maximum Gasteiger partial charge on any atom is 0.303 e. The Hall–Kier alpha value is -2.34. The minimum Gasteiger partial charge on any atom is -0.481 e. The molecule has 0 aliphatic carbocycles. The molecule has 0 fully saturated rings. The number of carboxylic acid groups (broad SMARTS) is 1. The fourth-order valence-corrected chi connectivity index (χ4v) is 2.92. The highest BCUT2D eigenvalue weighted by Gasteiger charge is 2.22. The highest BCUT2D eigenvalue weighted by atomic mass is 35.5. The first-order chi connectivity index (χ1) is 12.5. The number of benzene rings is 1. The van der Waals surface area contributed by atoms with E-state index in [1.807, 2.05) is 12.1 Å². The quantitative estimate of drug-likeness (QED) is 0.595. The zero-order chi connectivity index (χ0) is 18.9. The largest absolute Gasteiger partial charge is 0.481 e. The zero-order valence-corrected chi connectivity index (χ0v) is 15.5. The summed E-state index contributed by atoms with van der Waals surface area (Å²) in [5, 5.41) is 16.0. The van der Waals surface area contributed by atoms with Crippen molar-refractivity contribution in [3.63, 3.8) is 0 Å². The average Bonchev–Trinajstić information content (AvgIpc) is 2.98. The second kappa shape index (κ2) is 9.97.